The van der Waals surface area contributed by atoms with Crippen molar-refractivity contribution in [2.45, 2.75) is 49.8 Å². The molecule has 7 heteroatoms. The van der Waals surface area contributed by atoms with Gasteiger partial charge in [0.15, 0.2) is 0 Å². The van der Waals surface area contributed by atoms with Gasteiger partial charge in [0.2, 0.25) is 5.82 Å². The molecule has 3 fully saturated rings. The molecule has 2 saturated carbocycles. The molecular formula is C13H19N5O2. The Hall–Kier alpha value is -1.47. The van der Waals surface area contributed by atoms with Crippen LogP contribution < -0.4 is 11.1 Å². The Bertz CT molecular complexity index is 527. The maximum atomic E-state index is 12.2. The molecule has 1 saturated heterocycles. The van der Waals surface area contributed by atoms with E-state index in [0.717, 1.165) is 38.1 Å². The number of amides is 1. The van der Waals surface area contributed by atoms with Crippen molar-refractivity contribution in [3.8, 4) is 0 Å². The molecule has 2 aliphatic carbocycles. The van der Waals surface area contributed by atoms with Crippen LogP contribution in [-0.2, 0) is 4.74 Å². The maximum Gasteiger partial charge on any atom is 0.291 e. The number of fused-ring (bicyclic) bond motifs is 1. The lowest BCUT2D eigenvalue weighted by atomic mass is 9.68. The molecule has 1 aliphatic heterocycles. The number of ether oxygens (including phenoxy) is 1. The number of nitrogens with two attached hydrogens (primary N) is 1. The van der Waals surface area contributed by atoms with Crippen molar-refractivity contribution >= 4 is 5.91 Å². The number of aromatic amines is 1. The number of hydrogen-bond acceptors (Lipinski definition) is 5. The highest BCUT2D eigenvalue weighted by molar-refractivity contribution is 5.90. The van der Waals surface area contributed by atoms with Crippen molar-refractivity contribution in [2.75, 3.05) is 6.61 Å². The third-order valence-electron chi connectivity index (χ3n) is 4.64. The van der Waals surface area contributed by atoms with Crippen LogP contribution in [0.25, 0.3) is 0 Å². The van der Waals surface area contributed by atoms with Gasteiger partial charge in [0.1, 0.15) is 5.82 Å². The monoisotopic (exact) mass is 277 g/mol. The van der Waals surface area contributed by atoms with Gasteiger partial charge in [-0.3, -0.25) is 9.89 Å². The zero-order chi connectivity index (χ0) is 13.7. The van der Waals surface area contributed by atoms with Gasteiger partial charge < -0.3 is 15.8 Å². The van der Waals surface area contributed by atoms with E-state index in [4.69, 9.17) is 10.5 Å². The second-order valence-corrected chi connectivity index (χ2v) is 6.04. The summed E-state index contributed by atoms with van der Waals surface area (Å²) in [6, 6.07) is -0.137. The van der Waals surface area contributed by atoms with Gasteiger partial charge in [-0.25, -0.2) is 4.98 Å². The van der Waals surface area contributed by atoms with E-state index in [0.29, 0.717) is 11.8 Å². The largest absolute Gasteiger partial charge is 0.376 e. The summed E-state index contributed by atoms with van der Waals surface area (Å²) in [5.74, 6) is 1.60. The van der Waals surface area contributed by atoms with Crippen LogP contribution in [-0.4, -0.2) is 45.9 Å². The Balaban J connectivity index is 1.41. The molecule has 0 spiro atoms. The Morgan fingerprint density at radius 2 is 2.25 bits per heavy atom. The summed E-state index contributed by atoms with van der Waals surface area (Å²) in [5, 5.41) is 9.75. The van der Waals surface area contributed by atoms with Crippen molar-refractivity contribution in [1.29, 1.82) is 0 Å². The minimum absolute atomic E-state index is 0.0221. The molecular weight excluding hydrogens is 258 g/mol. The van der Waals surface area contributed by atoms with Crippen LogP contribution >= 0.6 is 0 Å². The third-order valence-corrected chi connectivity index (χ3v) is 4.64. The molecule has 1 aromatic heterocycles. The van der Waals surface area contributed by atoms with Gasteiger partial charge in [-0.05, 0) is 25.7 Å². The summed E-state index contributed by atoms with van der Waals surface area (Å²) in [6.45, 7) is 0.757. The molecule has 4 N–H and O–H groups in total. The molecule has 0 radical (unpaired) electrons. The van der Waals surface area contributed by atoms with Gasteiger partial charge >= 0.3 is 0 Å². The van der Waals surface area contributed by atoms with Crippen molar-refractivity contribution in [3.63, 3.8) is 0 Å². The summed E-state index contributed by atoms with van der Waals surface area (Å²) >= 11 is 0. The molecule has 1 amide bonds. The third kappa shape index (κ3) is 1.92. The summed E-state index contributed by atoms with van der Waals surface area (Å²) in [4.78, 5) is 16.4. The molecule has 4 unspecified atom stereocenters. The van der Waals surface area contributed by atoms with E-state index in [1.54, 1.807) is 0 Å². The number of nitrogens with zero attached hydrogens (tertiary/aromatic N) is 2. The van der Waals surface area contributed by atoms with Crippen LogP contribution in [0.15, 0.2) is 0 Å². The van der Waals surface area contributed by atoms with E-state index in [1.807, 2.05) is 0 Å². The number of aromatic nitrogens is 3. The van der Waals surface area contributed by atoms with E-state index in [2.05, 4.69) is 20.5 Å². The normalized spacial score (nSPS) is 36.0. The number of H-pyrrole nitrogens is 1. The predicted octanol–water partition coefficient (Wildman–Crippen LogP) is -0.0834. The van der Waals surface area contributed by atoms with E-state index in [-0.39, 0.29) is 29.9 Å². The minimum Gasteiger partial charge on any atom is -0.376 e. The van der Waals surface area contributed by atoms with Gasteiger partial charge in [-0.2, -0.15) is 0 Å². The smallest absolute Gasteiger partial charge is 0.291 e. The number of carbonyl (C=O) groups is 1. The van der Waals surface area contributed by atoms with Gasteiger partial charge in [0, 0.05) is 24.5 Å². The van der Waals surface area contributed by atoms with Gasteiger partial charge in [-0.1, -0.05) is 0 Å². The fourth-order valence-electron chi connectivity index (χ4n) is 3.26. The molecule has 20 heavy (non-hydrogen) atoms. The topological polar surface area (TPSA) is 106 Å². The second kappa shape index (κ2) is 4.53. The van der Waals surface area contributed by atoms with E-state index >= 15 is 0 Å². The summed E-state index contributed by atoms with van der Waals surface area (Å²) in [5.41, 5.74) is 6.12. The standard InChI is InChI=1S/C13H19N5O2/c14-8-7-2-1-5-20-10(7)9(8)15-13(19)12-16-11(17-18-12)6-3-4-6/h6-10H,1-5,14H2,(H,15,19)(H,16,17,18). The first kappa shape index (κ1) is 12.3. The molecule has 0 aromatic carbocycles. The zero-order valence-corrected chi connectivity index (χ0v) is 11.2. The Morgan fingerprint density at radius 1 is 1.40 bits per heavy atom. The molecule has 0 bridgehead atoms. The van der Waals surface area contributed by atoms with Gasteiger partial charge in [-0.15, -0.1) is 5.10 Å². The Morgan fingerprint density at radius 3 is 3.05 bits per heavy atom. The maximum absolute atomic E-state index is 12.2. The fraction of sp³-hybridized carbons (Fsp3) is 0.769. The first-order valence-electron chi connectivity index (χ1n) is 7.34. The van der Waals surface area contributed by atoms with Gasteiger partial charge in [0.05, 0.1) is 12.1 Å². The first-order valence-corrected chi connectivity index (χ1v) is 7.34. The van der Waals surface area contributed by atoms with Crippen LogP contribution in [0.5, 0.6) is 0 Å². The van der Waals surface area contributed by atoms with E-state index in [9.17, 15) is 4.79 Å². The summed E-state index contributed by atoms with van der Waals surface area (Å²) < 4.78 is 5.71. The lowest BCUT2D eigenvalue weighted by Gasteiger charge is -2.52. The highest BCUT2D eigenvalue weighted by Crippen LogP contribution is 2.38. The van der Waals surface area contributed by atoms with Gasteiger partial charge in [0.25, 0.3) is 5.91 Å². The minimum atomic E-state index is -0.263. The van der Waals surface area contributed by atoms with Crippen molar-refractivity contribution in [1.82, 2.24) is 20.5 Å². The van der Waals surface area contributed by atoms with Crippen molar-refractivity contribution in [2.24, 2.45) is 11.7 Å². The van der Waals surface area contributed by atoms with Crippen LogP contribution in [0.3, 0.4) is 0 Å². The Labute approximate surface area is 116 Å². The first-order chi connectivity index (χ1) is 9.74. The molecule has 2 heterocycles. The van der Waals surface area contributed by atoms with E-state index < -0.39 is 0 Å². The van der Waals surface area contributed by atoms with Crippen LogP contribution in [0.4, 0.5) is 0 Å². The van der Waals surface area contributed by atoms with Crippen LogP contribution in [0.1, 0.15) is 48.0 Å². The zero-order valence-electron chi connectivity index (χ0n) is 11.2. The molecule has 4 atom stereocenters. The number of nitrogens with one attached hydrogen (secondary N) is 2. The van der Waals surface area contributed by atoms with Crippen molar-refractivity contribution < 1.29 is 9.53 Å². The number of rotatable bonds is 3. The SMILES string of the molecule is NC1C2CCCOC2C1NC(=O)c1n[nH]c(C2CC2)n1. The fourth-order valence-corrected chi connectivity index (χ4v) is 3.26. The lowest BCUT2D eigenvalue weighted by molar-refractivity contribution is -0.117. The number of carbonyl (C=O) groups excluding carboxylic acids is 1. The highest BCUT2D eigenvalue weighted by Gasteiger charge is 2.51. The molecule has 1 aromatic rings. The van der Waals surface area contributed by atoms with Crippen LogP contribution in [0.2, 0.25) is 0 Å². The van der Waals surface area contributed by atoms with Crippen LogP contribution in [0, 0.1) is 5.92 Å². The Kier molecular flexibility index (Phi) is 2.78. The average molecular weight is 277 g/mol. The summed E-state index contributed by atoms with van der Waals surface area (Å²) in [6.07, 6.45) is 4.46. The molecule has 4 rings (SSSR count). The second-order valence-electron chi connectivity index (χ2n) is 6.04. The van der Waals surface area contributed by atoms with Crippen molar-refractivity contribution in [3.05, 3.63) is 11.6 Å². The predicted molar refractivity (Wildman–Crippen MR) is 70.1 cm³/mol. The lowest BCUT2D eigenvalue weighted by Crippen LogP contribution is -2.72. The molecule has 3 aliphatic rings. The van der Waals surface area contributed by atoms with E-state index in [1.165, 1.54) is 0 Å². The molecule has 108 valence electrons. The molecule has 7 nitrogen and oxygen atoms in total. The highest BCUT2D eigenvalue weighted by atomic mass is 16.5. The average Bonchev–Trinajstić information content (AvgIpc) is 3.21. The quantitative estimate of drug-likeness (QED) is 0.716. The number of hydrogen-bond donors (Lipinski definition) is 3. The summed E-state index contributed by atoms with van der Waals surface area (Å²) in [7, 11) is 0.